The number of rotatable bonds is 2. The van der Waals surface area contributed by atoms with Crippen molar-refractivity contribution in [3.63, 3.8) is 0 Å². The molecule has 0 rings (SSSR count). The van der Waals surface area contributed by atoms with Crippen molar-refractivity contribution < 1.29 is 4.79 Å². The average molecular weight is 226 g/mol. The lowest BCUT2D eigenvalue weighted by Crippen LogP contribution is -2.38. The highest BCUT2D eigenvalue weighted by atomic mass is 16.1. The maximum absolute atomic E-state index is 12.5. The molecule has 0 aliphatic carbocycles. The molecule has 0 saturated heterocycles. The zero-order chi connectivity index (χ0) is 13.4. The number of hydrogen-bond donors (Lipinski definition) is 0. The van der Waals surface area contributed by atoms with Crippen LogP contribution in [-0.2, 0) is 4.79 Å². The Morgan fingerprint density at radius 2 is 1.25 bits per heavy atom. The van der Waals surface area contributed by atoms with Crippen LogP contribution in [0.1, 0.15) is 68.7 Å². The average Bonchev–Trinajstić information content (AvgIpc) is 1.93. The van der Waals surface area contributed by atoms with Crippen LogP contribution >= 0.6 is 0 Å². The van der Waals surface area contributed by atoms with Crippen molar-refractivity contribution >= 4 is 5.78 Å². The Morgan fingerprint density at radius 1 is 0.875 bits per heavy atom. The Hall–Kier alpha value is -0.330. The molecule has 0 aromatic heterocycles. The summed E-state index contributed by atoms with van der Waals surface area (Å²) in [6, 6.07) is 0. The van der Waals surface area contributed by atoms with E-state index in [0.717, 1.165) is 6.42 Å². The first-order valence-corrected chi connectivity index (χ1v) is 6.29. The van der Waals surface area contributed by atoms with Gasteiger partial charge in [-0.3, -0.25) is 4.79 Å². The zero-order valence-corrected chi connectivity index (χ0v) is 12.7. The van der Waals surface area contributed by atoms with Crippen LogP contribution < -0.4 is 0 Å². The van der Waals surface area contributed by atoms with Crippen molar-refractivity contribution in [3.05, 3.63) is 0 Å². The first kappa shape index (κ1) is 15.7. The fourth-order valence-electron chi connectivity index (χ4n) is 1.93. The Balaban J connectivity index is 5.06. The number of carbonyl (C=O) groups is 1. The fraction of sp³-hybridized carbons (Fsp3) is 0.933. The third kappa shape index (κ3) is 5.14. The highest BCUT2D eigenvalue weighted by Gasteiger charge is 2.39. The number of carbonyl (C=O) groups excluding carboxylic acids is 1. The number of ketones is 1. The monoisotopic (exact) mass is 226 g/mol. The van der Waals surface area contributed by atoms with Crippen molar-refractivity contribution in [1.29, 1.82) is 0 Å². The van der Waals surface area contributed by atoms with Crippen molar-refractivity contribution in [3.8, 4) is 0 Å². The Bertz CT molecular complexity index is 242. The van der Waals surface area contributed by atoms with Gasteiger partial charge in [0, 0.05) is 11.3 Å². The quantitative estimate of drug-likeness (QED) is 0.667. The molecular formula is C15H30O. The second-order valence-corrected chi connectivity index (χ2v) is 8.30. The Kier molecular flexibility index (Phi) is 4.41. The maximum atomic E-state index is 12.5. The van der Waals surface area contributed by atoms with E-state index in [1.807, 2.05) is 20.8 Å². The molecule has 0 aliphatic rings. The molecule has 1 unspecified atom stereocenters. The maximum Gasteiger partial charge on any atom is 0.141 e. The van der Waals surface area contributed by atoms with Gasteiger partial charge in [-0.15, -0.1) is 0 Å². The first-order valence-electron chi connectivity index (χ1n) is 6.29. The van der Waals surface area contributed by atoms with E-state index in [2.05, 4.69) is 41.5 Å². The summed E-state index contributed by atoms with van der Waals surface area (Å²) in [6.45, 7) is 19.2. The normalized spacial score (nSPS) is 16.1. The summed E-state index contributed by atoms with van der Waals surface area (Å²) in [4.78, 5) is 12.5. The molecule has 0 aliphatic heterocycles. The summed E-state index contributed by atoms with van der Waals surface area (Å²) in [5.41, 5.74) is 0.0275. The van der Waals surface area contributed by atoms with Crippen LogP contribution in [0.15, 0.2) is 0 Å². The van der Waals surface area contributed by atoms with Gasteiger partial charge in [-0.05, 0) is 17.3 Å². The summed E-state index contributed by atoms with van der Waals surface area (Å²) in [5.74, 6) is 0.544. The van der Waals surface area contributed by atoms with E-state index in [1.165, 1.54) is 0 Å². The molecule has 0 saturated carbocycles. The SMILES string of the molecule is CC(C)(C)CC(C(=O)C(C)(C)C)C(C)(C)C. The van der Waals surface area contributed by atoms with Crippen molar-refractivity contribution in [2.45, 2.75) is 68.7 Å². The zero-order valence-electron chi connectivity index (χ0n) is 12.7. The molecule has 1 heteroatoms. The lowest BCUT2D eigenvalue weighted by molar-refractivity contribution is -0.135. The van der Waals surface area contributed by atoms with Crippen LogP contribution in [0.5, 0.6) is 0 Å². The highest BCUT2D eigenvalue weighted by molar-refractivity contribution is 5.86. The van der Waals surface area contributed by atoms with Gasteiger partial charge in [-0.1, -0.05) is 62.3 Å². The van der Waals surface area contributed by atoms with E-state index in [9.17, 15) is 4.79 Å². The molecule has 0 aromatic carbocycles. The third-order valence-corrected chi connectivity index (χ3v) is 2.92. The summed E-state index contributed by atoms with van der Waals surface area (Å²) >= 11 is 0. The topological polar surface area (TPSA) is 17.1 Å². The summed E-state index contributed by atoms with van der Waals surface area (Å²) in [7, 11) is 0. The van der Waals surface area contributed by atoms with E-state index in [-0.39, 0.29) is 22.2 Å². The van der Waals surface area contributed by atoms with Crippen molar-refractivity contribution in [2.75, 3.05) is 0 Å². The second-order valence-electron chi connectivity index (χ2n) is 8.30. The minimum absolute atomic E-state index is 0.0532. The van der Waals surface area contributed by atoms with E-state index in [1.54, 1.807) is 0 Å². The van der Waals surface area contributed by atoms with Gasteiger partial charge in [0.2, 0.25) is 0 Å². The summed E-state index contributed by atoms with van der Waals surface area (Å²) in [5, 5.41) is 0. The Labute approximate surface area is 102 Å². The van der Waals surface area contributed by atoms with E-state index >= 15 is 0 Å². The molecule has 0 heterocycles. The molecule has 0 N–H and O–H groups in total. The van der Waals surface area contributed by atoms with E-state index in [4.69, 9.17) is 0 Å². The van der Waals surface area contributed by atoms with E-state index in [0.29, 0.717) is 5.78 Å². The van der Waals surface area contributed by atoms with Gasteiger partial charge in [0.05, 0.1) is 0 Å². The van der Waals surface area contributed by atoms with Crippen LogP contribution in [0.3, 0.4) is 0 Å². The standard InChI is InChI=1S/C15H30O/c1-13(2,3)10-11(14(4,5)6)12(16)15(7,8)9/h11H,10H2,1-9H3. The van der Waals surface area contributed by atoms with Crippen molar-refractivity contribution in [2.24, 2.45) is 22.2 Å². The third-order valence-electron chi connectivity index (χ3n) is 2.92. The molecule has 0 amide bonds. The molecule has 0 spiro atoms. The summed E-state index contributed by atoms with van der Waals surface area (Å²) < 4.78 is 0. The second kappa shape index (κ2) is 4.50. The van der Waals surface area contributed by atoms with Crippen LogP contribution in [0, 0.1) is 22.2 Å². The van der Waals surface area contributed by atoms with Gasteiger partial charge in [0.15, 0.2) is 0 Å². The predicted molar refractivity (Wildman–Crippen MR) is 71.5 cm³/mol. The fourth-order valence-corrected chi connectivity index (χ4v) is 1.93. The number of hydrogen-bond acceptors (Lipinski definition) is 1. The molecular weight excluding hydrogens is 196 g/mol. The molecule has 96 valence electrons. The predicted octanol–water partition coefficient (Wildman–Crippen LogP) is 4.70. The largest absolute Gasteiger partial charge is 0.299 e. The molecule has 0 radical (unpaired) electrons. The molecule has 1 atom stereocenters. The molecule has 16 heavy (non-hydrogen) atoms. The van der Waals surface area contributed by atoms with Crippen LogP contribution in [-0.4, -0.2) is 5.78 Å². The van der Waals surface area contributed by atoms with Gasteiger partial charge in [-0.25, -0.2) is 0 Å². The molecule has 0 aromatic rings. The molecule has 0 bridgehead atoms. The lowest BCUT2D eigenvalue weighted by atomic mass is 9.66. The lowest BCUT2D eigenvalue weighted by Gasteiger charge is -2.38. The Morgan fingerprint density at radius 3 is 1.44 bits per heavy atom. The number of Topliss-reactive ketones (excluding diaryl/α,β-unsaturated/α-hetero) is 1. The smallest absolute Gasteiger partial charge is 0.141 e. The van der Waals surface area contributed by atoms with Gasteiger partial charge in [0.1, 0.15) is 5.78 Å². The van der Waals surface area contributed by atoms with Crippen LogP contribution in [0.25, 0.3) is 0 Å². The van der Waals surface area contributed by atoms with Gasteiger partial charge < -0.3 is 0 Å². The van der Waals surface area contributed by atoms with Crippen molar-refractivity contribution in [1.82, 2.24) is 0 Å². The molecule has 0 fully saturated rings. The minimum Gasteiger partial charge on any atom is -0.299 e. The summed E-state index contributed by atoms with van der Waals surface area (Å²) in [6.07, 6.45) is 0.965. The van der Waals surface area contributed by atoms with Gasteiger partial charge in [0.25, 0.3) is 0 Å². The minimum atomic E-state index is -0.233. The van der Waals surface area contributed by atoms with Crippen LogP contribution in [0.2, 0.25) is 0 Å². The highest BCUT2D eigenvalue weighted by Crippen LogP contribution is 2.40. The molecule has 1 nitrogen and oxygen atoms in total. The first-order chi connectivity index (χ1) is 6.75. The van der Waals surface area contributed by atoms with E-state index < -0.39 is 0 Å². The van der Waals surface area contributed by atoms with Crippen LogP contribution in [0.4, 0.5) is 0 Å². The van der Waals surface area contributed by atoms with Gasteiger partial charge >= 0.3 is 0 Å². The van der Waals surface area contributed by atoms with Gasteiger partial charge in [-0.2, -0.15) is 0 Å².